The maximum absolute atomic E-state index is 4.51. The molecule has 2 heterocycles. The summed E-state index contributed by atoms with van der Waals surface area (Å²) in [4.78, 5) is 5.72. The van der Waals surface area contributed by atoms with E-state index in [0.29, 0.717) is 0 Å². The summed E-state index contributed by atoms with van der Waals surface area (Å²) in [6.45, 7) is 2.02. The molecule has 0 fully saturated rings. The molecule has 2 aromatic rings. The zero-order valence-electron chi connectivity index (χ0n) is 7.80. The van der Waals surface area contributed by atoms with Crippen molar-refractivity contribution >= 4 is 43.6 Å². The maximum atomic E-state index is 4.51. The first kappa shape index (κ1) is 10.1. The van der Waals surface area contributed by atoms with Gasteiger partial charge in [0, 0.05) is 7.05 Å². The van der Waals surface area contributed by atoms with Gasteiger partial charge in [0.1, 0.15) is 10.0 Å². The van der Waals surface area contributed by atoms with E-state index >= 15 is 0 Å². The molecule has 14 heavy (non-hydrogen) atoms. The largest absolute Gasteiger partial charge is 0.378 e. The first-order valence-electron chi connectivity index (χ1n) is 4.11. The van der Waals surface area contributed by atoms with Crippen LogP contribution in [-0.2, 0) is 0 Å². The molecule has 0 aliphatic rings. The van der Waals surface area contributed by atoms with Gasteiger partial charge >= 0.3 is 0 Å². The van der Waals surface area contributed by atoms with Crippen molar-refractivity contribution in [3.8, 4) is 9.88 Å². The summed E-state index contributed by atoms with van der Waals surface area (Å²) in [5.41, 5.74) is 1.07. The van der Waals surface area contributed by atoms with E-state index in [1.807, 2.05) is 14.0 Å². The minimum absolute atomic E-state index is 1.07. The van der Waals surface area contributed by atoms with Crippen LogP contribution in [0, 0.1) is 6.92 Å². The summed E-state index contributed by atoms with van der Waals surface area (Å²) < 4.78 is 1.14. The van der Waals surface area contributed by atoms with Crippen LogP contribution in [0.1, 0.15) is 5.69 Å². The van der Waals surface area contributed by atoms with Gasteiger partial charge in [-0.05, 0) is 35.0 Å². The molecule has 0 aromatic carbocycles. The second kappa shape index (κ2) is 4.00. The van der Waals surface area contributed by atoms with Crippen molar-refractivity contribution in [3.05, 3.63) is 21.6 Å². The SMILES string of the molecule is CNc1sc(-c2ccc(Br)s2)nc1C. The number of halogens is 1. The minimum atomic E-state index is 1.07. The van der Waals surface area contributed by atoms with Gasteiger partial charge in [0.15, 0.2) is 0 Å². The van der Waals surface area contributed by atoms with Gasteiger partial charge in [0.25, 0.3) is 0 Å². The van der Waals surface area contributed by atoms with Crippen LogP contribution in [-0.4, -0.2) is 12.0 Å². The Labute approximate surface area is 99.1 Å². The summed E-state index contributed by atoms with van der Waals surface area (Å²) in [5, 5.41) is 5.37. The Morgan fingerprint density at radius 2 is 2.14 bits per heavy atom. The lowest BCUT2D eigenvalue weighted by molar-refractivity contribution is 1.26. The third-order valence-electron chi connectivity index (χ3n) is 1.81. The molecule has 0 aliphatic heterocycles. The number of thiazole rings is 1. The lowest BCUT2D eigenvalue weighted by atomic mass is 10.5. The molecule has 0 unspecified atom stereocenters. The van der Waals surface area contributed by atoms with E-state index in [2.05, 4.69) is 38.4 Å². The summed E-state index contributed by atoms with van der Waals surface area (Å²) in [7, 11) is 1.93. The second-order valence-electron chi connectivity index (χ2n) is 2.79. The fourth-order valence-electron chi connectivity index (χ4n) is 1.16. The van der Waals surface area contributed by atoms with Gasteiger partial charge in [0.2, 0.25) is 0 Å². The molecule has 2 rings (SSSR count). The van der Waals surface area contributed by atoms with Crippen molar-refractivity contribution < 1.29 is 0 Å². The highest BCUT2D eigenvalue weighted by Crippen LogP contribution is 2.36. The molecule has 1 N–H and O–H groups in total. The van der Waals surface area contributed by atoms with E-state index < -0.39 is 0 Å². The van der Waals surface area contributed by atoms with Crippen molar-refractivity contribution in [2.45, 2.75) is 6.92 Å². The zero-order valence-corrected chi connectivity index (χ0v) is 11.0. The van der Waals surface area contributed by atoms with Gasteiger partial charge in [-0.2, -0.15) is 0 Å². The quantitative estimate of drug-likeness (QED) is 0.904. The van der Waals surface area contributed by atoms with E-state index in [9.17, 15) is 0 Å². The van der Waals surface area contributed by atoms with Gasteiger partial charge in [-0.1, -0.05) is 11.3 Å². The number of anilines is 1. The molecule has 0 saturated heterocycles. The molecule has 2 aromatic heterocycles. The summed E-state index contributed by atoms with van der Waals surface area (Å²) in [5.74, 6) is 0. The monoisotopic (exact) mass is 288 g/mol. The molecule has 0 bridgehead atoms. The molecular weight excluding hydrogens is 280 g/mol. The third kappa shape index (κ3) is 1.85. The summed E-state index contributed by atoms with van der Waals surface area (Å²) in [6.07, 6.45) is 0. The summed E-state index contributed by atoms with van der Waals surface area (Å²) in [6, 6.07) is 4.14. The number of aryl methyl sites for hydroxylation is 1. The van der Waals surface area contributed by atoms with Crippen LogP contribution >= 0.6 is 38.6 Å². The Morgan fingerprint density at radius 1 is 1.36 bits per heavy atom. The lowest BCUT2D eigenvalue weighted by Gasteiger charge is -1.90. The smallest absolute Gasteiger partial charge is 0.135 e. The number of hydrogen-bond acceptors (Lipinski definition) is 4. The van der Waals surface area contributed by atoms with Crippen LogP contribution < -0.4 is 5.32 Å². The molecule has 5 heteroatoms. The van der Waals surface area contributed by atoms with Crippen LogP contribution in [0.4, 0.5) is 5.00 Å². The Balaban J connectivity index is 2.42. The Hall–Kier alpha value is -0.390. The fourth-order valence-corrected chi connectivity index (χ4v) is 3.52. The normalized spacial score (nSPS) is 10.5. The lowest BCUT2D eigenvalue weighted by Crippen LogP contribution is -1.85. The van der Waals surface area contributed by atoms with E-state index in [1.165, 1.54) is 4.88 Å². The van der Waals surface area contributed by atoms with E-state index in [-0.39, 0.29) is 0 Å². The van der Waals surface area contributed by atoms with Crippen LogP contribution in [0.25, 0.3) is 9.88 Å². The minimum Gasteiger partial charge on any atom is -0.378 e. The van der Waals surface area contributed by atoms with Crippen molar-refractivity contribution in [2.75, 3.05) is 12.4 Å². The molecule has 0 spiro atoms. The van der Waals surface area contributed by atoms with Crippen LogP contribution in [0.2, 0.25) is 0 Å². The predicted molar refractivity (Wildman–Crippen MR) is 67.4 cm³/mol. The average molecular weight is 289 g/mol. The highest BCUT2D eigenvalue weighted by molar-refractivity contribution is 9.11. The van der Waals surface area contributed by atoms with E-state index in [1.54, 1.807) is 22.7 Å². The van der Waals surface area contributed by atoms with Gasteiger partial charge < -0.3 is 5.32 Å². The molecule has 0 radical (unpaired) electrons. The van der Waals surface area contributed by atoms with Crippen LogP contribution in [0.3, 0.4) is 0 Å². The number of rotatable bonds is 2. The summed E-state index contributed by atoms with van der Waals surface area (Å²) >= 11 is 6.86. The third-order valence-corrected chi connectivity index (χ3v) is 4.78. The van der Waals surface area contributed by atoms with Crippen LogP contribution in [0.15, 0.2) is 15.9 Å². The zero-order chi connectivity index (χ0) is 10.1. The fraction of sp³-hybridized carbons (Fsp3) is 0.222. The van der Waals surface area contributed by atoms with Crippen molar-refractivity contribution in [1.82, 2.24) is 4.98 Å². The van der Waals surface area contributed by atoms with Gasteiger partial charge in [-0.3, -0.25) is 0 Å². The standard InChI is InChI=1S/C9H9BrN2S2/c1-5-8(11-2)14-9(12-5)6-3-4-7(10)13-6/h3-4,11H,1-2H3. The van der Waals surface area contributed by atoms with Gasteiger partial charge in [-0.25, -0.2) is 4.98 Å². The first-order valence-corrected chi connectivity index (χ1v) is 6.54. The first-order chi connectivity index (χ1) is 6.70. The molecule has 0 atom stereocenters. The molecule has 74 valence electrons. The number of nitrogens with zero attached hydrogens (tertiary/aromatic N) is 1. The van der Waals surface area contributed by atoms with Crippen molar-refractivity contribution in [1.29, 1.82) is 0 Å². The molecule has 0 aliphatic carbocycles. The highest BCUT2D eigenvalue weighted by Gasteiger charge is 2.09. The topological polar surface area (TPSA) is 24.9 Å². The average Bonchev–Trinajstić information content (AvgIpc) is 2.71. The number of nitrogens with one attached hydrogen (secondary N) is 1. The van der Waals surface area contributed by atoms with Crippen molar-refractivity contribution in [3.63, 3.8) is 0 Å². The molecule has 2 nitrogen and oxygen atoms in total. The van der Waals surface area contributed by atoms with Crippen molar-refractivity contribution in [2.24, 2.45) is 0 Å². The number of thiophene rings is 1. The molecule has 0 amide bonds. The second-order valence-corrected chi connectivity index (χ2v) is 6.25. The Morgan fingerprint density at radius 3 is 2.64 bits per heavy atom. The molecule has 0 saturated carbocycles. The number of aromatic nitrogens is 1. The Bertz CT molecular complexity index is 447. The predicted octanol–water partition coefficient (Wildman–Crippen LogP) is 3.98. The van der Waals surface area contributed by atoms with E-state index in [4.69, 9.17) is 0 Å². The van der Waals surface area contributed by atoms with Crippen LogP contribution in [0.5, 0.6) is 0 Å². The van der Waals surface area contributed by atoms with E-state index in [0.717, 1.165) is 19.5 Å². The number of hydrogen-bond donors (Lipinski definition) is 1. The highest BCUT2D eigenvalue weighted by atomic mass is 79.9. The molecular formula is C9H9BrN2S2. The van der Waals surface area contributed by atoms with Gasteiger partial charge in [0.05, 0.1) is 14.4 Å². The maximum Gasteiger partial charge on any atom is 0.135 e. The van der Waals surface area contributed by atoms with Gasteiger partial charge in [-0.15, -0.1) is 11.3 Å². The Kier molecular flexibility index (Phi) is 2.90.